The van der Waals surface area contributed by atoms with Crippen LogP contribution in [0.4, 0.5) is 0 Å². The number of sulfonamides is 1. The molecule has 1 amide bonds. The number of piperidine rings is 1. The summed E-state index contributed by atoms with van der Waals surface area (Å²) in [4.78, 5) is 12.9. The number of nitrogens with one attached hydrogen (secondary N) is 1. The quantitative estimate of drug-likeness (QED) is 0.724. The van der Waals surface area contributed by atoms with Crippen molar-refractivity contribution in [3.63, 3.8) is 0 Å². The van der Waals surface area contributed by atoms with Crippen LogP contribution in [0.15, 0.2) is 34.7 Å². The van der Waals surface area contributed by atoms with Crippen LogP contribution in [0, 0.1) is 6.92 Å². The first-order valence-electron chi connectivity index (χ1n) is 10.5. The first-order valence-corrected chi connectivity index (χ1v) is 11.9. The Labute approximate surface area is 169 Å². The molecule has 1 unspecified atom stereocenters. The normalized spacial score (nSPS) is 21.2. The van der Waals surface area contributed by atoms with E-state index in [-0.39, 0.29) is 16.8 Å². The molecule has 0 bridgehead atoms. The summed E-state index contributed by atoms with van der Waals surface area (Å²) in [6.07, 6.45) is 10.7. The van der Waals surface area contributed by atoms with Gasteiger partial charge in [-0.15, -0.1) is 0 Å². The lowest BCUT2D eigenvalue weighted by Gasteiger charge is -2.32. The summed E-state index contributed by atoms with van der Waals surface area (Å²) in [7, 11) is -3.58. The van der Waals surface area contributed by atoms with E-state index in [2.05, 4.69) is 11.4 Å². The maximum absolute atomic E-state index is 13.1. The molecule has 1 atom stereocenters. The molecule has 1 aliphatic heterocycles. The molecule has 0 radical (unpaired) electrons. The van der Waals surface area contributed by atoms with Crippen LogP contribution in [-0.4, -0.2) is 37.8 Å². The van der Waals surface area contributed by atoms with Gasteiger partial charge in [-0.25, -0.2) is 8.42 Å². The summed E-state index contributed by atoms with van der Waals surface area (Å²) in [6.45, 7) is 4.94. The van der Waals surface area contributed by atoms with Crippen molar-refractivity contribution < 1.29 is 13.2 Å². The summed E-state index contributed by atoms with van der Waals surface area (Å²) in [5.41, 5.74) is 2.65. The molecule has 1 aliphatic carbocycles. The zero-order valence-electron chi connectivity index (χ0n) is 17.0. The van der Waals surface area contributed by atoms with E-state index in [1.807, 2.05) is 13.8 Å². The highest BCUT2D eigenvalue weighted by atomic mass is 32.2. The Morgan fingerprint density at radius 3 is 2.75 bits per heavy atom. The largest absolute Gasteiger partial charge is 0.352 e. The number of hydrogen-bond donors (Lipinski definition) is 1. The van der Waals surface area contributed by atoms with Crippen molar-refractivity contribution in [1.29, 1.82) is 0 Å². The molecule has 6 heteroatoms. The lowest BCUT2D eigenvalue weighted by Crippen LogP contribution is -2.42. The number of allylic oxidation sites excluding steroid dienone is 1. The van der Waals surface area contributed by atoms with Crippen molar-refractivity contribution in [3.8, 4) is 0 Å². The van der Waals surface area contributed by atoms with Crippen LogP contribution in [0.25, 0.3) is 0 Å². The van der Waals surface area contributed by atoms with Gasteiger partial charge in [0.1, 0.15) is 0 Å². The fourth-order valence-electron chi connectivity index (χ4n) is 4.13. The van der Waals surface area contributed by atoms with Crippen molar-refractivity contribution in [2.75, 3.05) is 13.1 Å². The third kappa shape index (κ3) is 4.84. The van der Waals surface area contributed by atoms with Gasteiger partial charge in [0.15, 0.2) is 0 Å². The molecule has 0 spiro atoms. The second-order valence-electron chi connectivity index (χ2n) is 8.05. The van der Waals surface area contributed by atoms with Gasteiger partial charge in [0.2, 0.25) is 10.0 Å². The Morgan fingerprint density at radius 2 is 2.04 bits per heavy atom. The summed E-state index contributed by atoms with van der Waals surface area (Å²) in [5.74, 6) is -0.197. The van der Waals surface area contributed by atoms with Crippen molar-refractivity contribution in [2.45, 2.75) is 76.2 Å². The molecule has 1 aromatic rings. The van der Waals surface area contributed by atoms with Gasteiger partial charge in [-0.05, 0) is 76.5 Å². The average Bonchev–Trinajstić information content (AvgIpc) is 2.69. The summed E-state index contributed by atoms with van der Waals surface area (Å²) < 4.78 is 27.8. The van der Waals surface area contributed by atoms with E-state index in [1.54, 1.807) is 22.5 Å². The number of carbonyl (C=O) groups excluding carboxylic acids is 1. The van der Waals surface area contributed by atoms with E-state index in [4.69, 9.17) is 0 Å². The van der Waals surface area contributed by atoms with E-state index in [1.165, 1.54) is 18.4 Å². The fraction of sp³-hybridized carbons (Fsp3) is 0.591. The van der Waals surface area contributed by atoms with Crippen molar-refractivity contribution in [3.05, 3.63) is 41.0 Å². The molecular formula is C22H32N2O3S. The monoisotopic (exact) mass is 404 g/mol. The molecule has 2 aliphatic rings. The second-order valence-corrected chi connectivity index (χ2v) is 9.94. The topological polar surface area (TPSA) is 66.5 Å². The predicted molar refractivity (Wildman–Crippen MR) is 112 cm³/mol. The van der Waals surface area contributed by atoms with Crippen LogP contribution >= 0.6 is 0 Å². The van der Waals surface area contributed by atoms with E-state index >= 15 is 0 Å². The number of benzene rings is 1. The molecule has 28 heavy (non-hydrogen) atoms. The molecule has 0 saturated carbocycles. The molecule has 5 nitrogen and oxygen atoms in total. The van der Waals surface area contributed by atoms with Gasteiger partial charge in [0.05, 0.1) is 4.90 Å². The molecule has 0 aromatic heterocycles. The predicted octanol–water partition coefficient (Wildman–Crippen LogP) is 4.18. The van der Waals surface area contributed by atoms with Gasteiger partial charge in [0, 0.05) is 24.7 Å². The molecule has 1 N–H and O–H groups in total. The van der Waals surface area contributed by atoms with Crippen LogP contribution in [0.2, 0.25) is 0 Å². The Kier molecular flexibility index (Phi) is 6.94. The standard InChI is InChI=1S/C22H32N2O3S/c1-17-11-12-20(28(26,27)24-15-7-6-8-18(24)2)16-21(17)22(25)23-14-13-19-9-4-3-5-10-19/h9,11-12,16,18H,3-8,10,13-15H2,1-2H3,(H,23,25). The number of carbonyl (C=O) groups is 1. The van der Waals surface area contributed by atoms with Crippen molar-refractivity contribution in [2.24, 2.45) is 0 Å². The average molecular weight is 405 g/mol. The molecule has 1 heterocycles. The Balaban J connectivity index is 1.71. The molecular weight excluding hydrogens is 372 g/mol. The second kappa shape index (κ2) is 9.23. The maximum atomic E-state index is 13.1. The number of aryl methyl sites for hydroxylation is 1. The molecule has 154 valence electrons. The lowest BCUT2D eigenvalue weighted by molar-refractivity contribution is 0.0953. The zero-order chi connectivity index (χ0) is 20.1. The Hall–Kier alpha value is -1.66. The van der Waals surface area contributed by atoms with Gasteiger partial charge in [0.25, 0.3) is 5.91 Å². The summed E-state index contributed by atoms with van der Waals surface area (Å²) in [6, 6.07) is 4.90. The lowest BCUT2D eigenvalue weighted by atomic mass is 9.97. The third-order valence-corrected chi connectivity index (χ3v) is 7.93. The van der Waals surface area contributed by atoms with Gasteiger partial charge < -0.3 is 5.32 Å². The number of rotatable bonds is 6. The fourth-order valence-corrected chi connectivity index (χ4v) is 5.86. The van der Waals surface area contributed by atoms with Crippen LogP contribution < -0.4 is 5.32 Å². The highest BCUT2D eigenvalue weighted by Gasteiger charge is 2.31. The molecule has 1 saturated heterocycles. The van der Waals surface area contributed by atoms with Gasteiger partial charge in [-0.1, -0.05) is 24.1 Å². The third-order valence-electron chi connectivity index (χ3n) is 5.92. The summed E-state index contributed by atoms with van der Waals surface area (Å²) in [5, 5.41) is 2.97. The van der Waals surface area contributed by atoms with Crippen molar-refractivity contribution in [1.82, 2.24) is 9.62 Å². The minimum Gasteiger partial charge on any atom is -0.352 e. The Morgan fingerprint density at radius 1 is 1.21 bits per heavy atom. The highest BCUT2D eigenvalue weighted by Crippen LogP contribution is 2.26. The van der Waals surface area contributed by atoms with Crippen LogP contribution in [-0.2, 0) is 10.0 Å². The number of hydrogen-bond acceptors (Lipinski definition) is 3. The minimum absolute atomic E-state index is 0.00102. The van der Waals surface area contributed by atoms with Crippen LogP contribution in [0.3, 0.4) is 0 Å². The zero-order valence-corrected chi connectivity index (χ0v) is 17.9. The molecule has 1 fully saturated rings. The summed E-state index contributed by atoms with van der Waals surface area (Å²) >= 11 is 0. The highest BCUT2D eigenvalue weighted by molar-refractivity contribution is 7.89. The van der Waals surface area contributed by atoms with E-state index < -0.39 is 10.0 Å². The van der Waals surface area contributed by atoms with E-state index in [9.17, 15) is 13.2 Å². The van der Waals surface area contributed by atoms with Crippen LogP contribution in [0.5, 0.6) is 0 Å². The Bertz CT molecular complexity index is 845. The van der Waals surface area contributed by atoms with E-state index in [0.717, 1.165) is 44.1 Å². The first-order chi connectivity index (χ1) is 13.4. The molecule has 3 rings (SSSR count). The SMILES string of the molecule is Cc1ccc(S(=O)(=O)N2CCCCC2C)cc1C(=O)NCCC1=CCCCC1. The van der Waals surface area contributed by atoms with E-state index in [0.29, 0.717) is 18.7 Å². The number of nitrogens with zero attached hydrogens (tertiary/aromatic N) is 1. The van der Waals surface area contributed by atoms with Gasteiger partial charge in [-0.2, -0.15) is 4.31 Å². The van der Waals surface area contributed by atoms with Crippen LogP contribution in [0.1, 0.15) is 74.2 Å². The first kappa shape index (κ1) is 21.1. The number of amides is 1. The smallest absolute Gasteiger partial charge is 0.251 e. The molecule has 1 aromatic carbocycles. The van der Waals surface area contributed by atoms with Gasteiger partial charge in [-0.3, -0.25) is 4.79 Å². The van der Waals surface area contributed by atoms with Crippen molar-refractivity contribution >= 4 is 15.9 Å². The minimum atomic E-state index is -3.58. The maximum Gasteiger partial charge on any atom is 0.251 e. The van der Waals surface area contributed by atoms with Gasteiger partial charge >= 0.3 is 0 Å².